The minimum absolute atomic E-state index is 0.416. The van der Waals surface area contributed by atoms with E-state index in [0.29, 0.717) is 6.07 Å². The number of sulfonamides is 1. The molecule has 20 heavy (non-hydrogen) atoms. The van der Waals surface area contributed by atoms with Gasteiger partial charge in [0.15, 0.2) is 5.84 Å². The predicted molar refractivity (Wildman–Crippen MR) is 64.6 cm³/mol. The van der Waals surface area contributed by atoms with Crippen LogP contribution in [0.15, 0.2) is 34.3 Å². The van der Waals surface area contributed by atoms with Gasteiger partial charge in [-0.1, -0.05) is 11.2 Å². The molecule has 0 heterocycles. The van der Waals surface area contributed by atoms with Gasteiger partial charge in [0.05, 0.1) is 16.5 Å². The molecule has 1 atom stereocenters. The number of benzene rings is 1. The van der Waals surface area contributed by atoms with Crippen LogP contribution >= 0.6 is 0 Å². The van der Waals surface area contributed by atoms with Gasteiger partial charge in [0.1, 0.15) is 0 Å². The number of hydrogen-bond acceptors (Lipinski definition) is 4. The molecule has 0 fully saturated rings. The van der Waals surface area contributed by atoms with Gasteiger partial charge in [-0.3, -0.25) is 0 Å². The molecule has 0 spiro atoms. The van der Waals surface area contributed by atoms with E-state index in [0.717, 1.165) is 18.2 Å². The summed E-state index contributed by atoms with van der Waals surface area (Å²) < 4.78 is 63.3. The smallest absolute Gasteiger partial charge is 0.409 e. The second-order valence-electron chi connectivity index (χ2n) is 3.89. The predicted octanol–water partition coefficient (Wildman–Crippen LogP) is 1.12. The van der Waals surface area contributed by atoms with Gasteiger partial charge in [0.25, 0.3) is 0 Å². The summed E-state index contributed by atoms with van der Waals surface area (Å²) in [4.78, 5) is -0.565. The van der Waals surface area contributed by atoms with Gasteiger partial charge in [-0.05, 0) is 25.1 Å². The average Bonchev–Trinajstić information content (AvgIpc) is 2.36. The second kappa shape index (κ2) is 5.67. The number of alkyl halides is 3. The molecule has 4 N–H and O–H groups in total. The largest absolute Gasteiger partial charge is 0.416 e. The van der Waals surface area contributed by atoms with Gasteiger partial charge >= 0.3 is 6.18 Å². The molecule has 0 aliphatic heterocycles. The Morgan fingerprint density at radius 2 is 2.05 bits per heavy atom. The minimum atomic E-state index is -4.65. The first kappa shape index (κ1) is 16.2. The van der Waals surface area contributed by atoms with E-state index in [-0.39, 0.29) is 0 Å². The highest BCUT2D eigenvalue weighted by Gasteiger charge is 2.32. The zero-order valence-electron chi connectivity index (χ0n) is 10.2. The number of hydrogen-bond donors (Lipinski definition) is 3. The zero-order chi connectivity index (χ0) is 15.6. The Morgan fingerprint density at radius 1 is 1.45 bits per heavy atom. The van der Waals surface area contributed by atoms with Crippen LogP contribution in [0.5, 0.6) is 0 Å². The molecule has 0 aliphatic rings. The van der Waals surface area contributed by atoms with E-state index in [1.54, 1.807) is 0 Å². The van der Waals surface area contributed by atoms with Crippen LogP contribution in [-0.4, -0.2) is 25.5 Å². The Morgan fingerprint density at radius 3 is 2.55 bits per heavy atom. The summed E-state index contributed by atoms with van der Waals surface area (Å²) in [5.74, 6) is -0.416. The summed E-state index contributed by atoms with van der Waals surface area (Å²) in [6, 6.07) is 2.18. The lowest BCUT2D eigenvalue weighted by Crippen LogP contribution is -2.42. The molecule has 1 rings (SSSR count). The molecule has 1 unspecified atom stereocenters. The van der Waals surface area contributed by atoms with E-state index in [9.17, 15) is 21.6 Å². The minimum Gasteiger partial charge on any atom is -0.409 e. The summed E-state index contributed by atoms with van der Waals surface area (Å²) in [6.07, 6.45) is -4.65. The lowest BCUT2D eigenvalue weighted by molar-refractivity contribution is -0.137. The molecule has 0 saturated carbocycles. The summed E-state index contributed by atoms with van der Waals surface area (Å²) in [6.45, 7) is 1.28. The van der Waals surface area contributed by atoms with Gasteiger partial charge in [0.2, 0.25) is 10.0 Å². The maximum atomic E-state index is 12.5. The fraction of sp³-hybridized carbons (Fsp3) is 0.300. The molecule has 0 radical (unpaired) electrons. The Hall–Kier alpha value is -1.81. The van der Waals surface area contributed by atoms with E-state index in [2.05, 4.69) is 5.16 Å². The molecule has 0 saturated heterocycles. The van der Waals surface area contributed by atoms with Crippen LogP contribution in [0.25, 0.3) is 0 Å². The van der Waals surface area contributed by atoms with E-state index in [1.807, 2.05) is 4.72 Å². The molecule has 0 aliphatic carbocycles. The fourth-order valence-corrected chi connectivity index (χ4v) is 2.55. The molecule has 1 aromatic carbocycles. The molecular weight excluding hydrogens is 299 g/mol. The molecule has 0 aromatic heterocycles. The molecule has 6 nitrogen and oxygen atoms in total. The van der Waals surface area contributed by atoms with Crippen molar-refractivity contribution in [2.45, 2.75) is 24.0 Å². The van der Waals surface area contributed by atoms with Crippen molar-refractivity contribution in [3.05, 3.63) is 29.8 Å². The monoisotopic (exact) mass is 311 g/mol. The molecule has 0 bridgehead atoms. The van der Waals surface area contributed by atoms with E-state index in [4.69, 9.17) is 10.9 Å². The fourth-order valence-electron chi connectivity index (χ4n) is 1.29. The number of halogens is 3. The standard InChI is InChI=1S/C10H12F3N3O3S/c1-6(9(14)15-17)16-20(18,19)8-4-2-3-7(5-8)10(11,12)13/h2-6,16-17H,1H3,(H2,14,15). The maximum absolute atomic E-state index is 12.5. The van der Waals surface area contributed by atoms with Gasteiger partial charge < -0.3 is 10.9 Å². The Kier molecular flexibility index (Phi) is 4.61. The van der Waals surface area contributed by atoms with Gasteiger partial charge in [-0.25, -0.2) is 13.1 Å². The highest BCUT2D eigenvalue weighted by Crippen LogP contribution is 2.30. The van der Waals surface area contributed by atoms with E-state index in [1.165, 1.54) is 6.92 Å². The number of nitrogens with zero attached hydrogens (tertiary/aromatic N) is 1. The van der Waals surface area contributed by atoms with Gasteiger partial charge in [-0.15, -0.1) is 0 Å². The third kappa shape index (κ3) is 3.84. The van der Waals surface area contributed by atoms with Gasteiger partial charge in [0, 0.05) is 0 Å². The second-order valence-corrected chi connectivity index (χ2v) is 5.61. The van der Waals surface area contributed by atoms with Crippen LogP contribution in [0.3, 0.4) is 0 Å². The Balaban J connectivity index is 3.11. The lowest BCUT2D eigenvalue weighted by atomic mass is 10.2. The third-order valence-corrected chi connectivity index (χ3v) is 3.90. The number of oxime groups is 1. The Bertz CT molecular complexity index is 614. The summed E-state index contributed by atoms with van der Waals surface area (Å²) in [7, 11) is -4.22. The molecule has 1 aromatic rings. The molecular formula is C10H12F3N3O3S. The number of nitrogens with two attached hydrogens (primary N) is 1. The van der Waals surface area contributed by atoms with Crippen LogP contribution in [0.4, 0.5) is 13.2 Å². The third-order valence-electron chi connectivity index (χ3n) is 2.36. The van der Waals surface area contributed by atoms with Crippen LogP contribution in [0.1, 0.15) is 12.5 Å². The summed E-state index contributed by atoms with van der Waals surface area (Å²) in [5, 5.41) is 11.0. The maximum Gasteiger partial charge on any atom is 0.416 e. The van der Waals surface area contributed by atoms with Crippen LogP contribution in [0, 0.1) is 0 Å². The highest BCUT2D eigenvalue weighted by molar-refractivity contribution is 7.89. The molecule has 0 amide bonds. The first-order valence-electron chi connectivity index (χ1n) is 5.25. The zero-order valence-corrected chi connectivity index (χ0v) is 11.0. The summed E-state index contributed by atoms with van der Waals surface area (Å²) in [5.41, 5.74) is 4.11. The molecule has 10 heteroatoms. The SMILES string of the molecule is CC(NS(=O)(=O)c1cccc(C(F)(F)F)c1)/C(N)=N/O. The van der Waals surface area contributed by atoms with E-state index < -0.39 is 38.5 Å². The van der Waals surface area contributed by atoms with Crippen molar-refractivity contribution >= 4 is 15.9 Å². The number of nitrogens with one attached hydrogen (secondary N) is 1. The van der Waals surface area contributed by atoms with Crippen molar-refractivity contribution in [2.75, 3.05) is 0 Å². The first-order chi connectivity index (χ1) is 9.08. The first-order valence-corrected chi connectivity index (χ1v) is 6.73. The topological polar surface area (TPSA) is 105 Å². The quantitative estimate of drug-likeness (QED) is 0.335. The Labute approximate surface area is 113 Å². The normalized spacial score (nSPS) is 15.1. The van der Waals surface area contributed by atoms with Crippen molar-refractivity contribution < 1.29 is 26.8 Å². The lowest BCUT2D eigenvalue weighted by Gasteiger charge is -2.14. The average molecular weight is 311 g/mol. The van der Waals surface area contributed by atoms with Crippen molar-refractivity contribution in [3.63, 3.8) is 0 Å². The van der Waals surface area contributed by atoms with Crippen molar-refractivity contribution in [2.24, 2.45) is 10.9 Å². The van der Waals surface area contributed by atoms with Crippen LogP contribution in [-0.2, 0) is 16.2 Å². The highest BCUT2D eigenvalue weighted by atomic mass is 32.2. The summed E-state index contributed by atoms with van der Waals surface area (Å²) >= 11 is 0. The molecule has 112 valence electrons. The van der Waals surface area contributed by atoms with Crippen molar-refractivity contribution in [3.8, 4) is 0 Å². The van der Waals surface area contributed by atoms with Gasteiger partial charge in [-0.2, -0.15) is 13.2 Å². The number of rotatable bonds is 4. The van der Waals surface area contributed by atoms with Crippen LogP contribution in [0.2, 0.25) is 0 Å². The van der Waals surface area contributed by atoms with Crippen molar-refractivity contribution in [1.82, 2.24) is 4.72 Å². The van der Waals surface area contributed by atoms with Crippen LogP contribution < -0.4 is 10.5 Å². The van der Waals surface area contributed by atoms with E-state index >= 15 is 0 Å². The van der Waals surface area contributed by atoms with Crippen molar-refractivity contribution in [1.29, 1.82) is 0 Å². The number of amidine groups is 1.